The van der Waals surface area contributed by atoms with Crippen LogP contribution >= 0.6 is 11.6 Å². The molecule has 0 saturated carbocycles. The van der Waals surface area contributed by atoms with Crippen molar-refractivity contribution in [2.45, 2.75) is 57.4 Å². The first-order chi connectivity index (χ1) is 13.0. The van der Waals surface area contributed by atoms with Gasteiger partial charge >= 0.3 is 0 Å². The Morgan fingerprint density at radius 3 is 2.52 bits per heavy atom. The maximum atomic E-state index is 12.7. The Hall–Kier alpha value is -1.10. The molecule has 5 nitrogen and oxygen atoms in total. The van der Waals surface area contributed by atoms with E-state index in [-0.39, 0.29) is 5.75 Å². The number of rotatable bonds is 8. The first-order valence-electron chi connectivity index (χ1n) is 9.57. The van der Waals surface area contributed by atoms with E-state index in [1.54, 1.807) is 0 Å². The second-order valence-electron chi connectivity index (χ2n) is 6.96. The standard InChI is InChI=1S/C20H29ClN2O3S/c1-2-3-4-5-6-7-20(22-24)16-27(25,26)23-14-12-18(13-15-23)17-8-10-19(21)11-9-17/h8-11,18,20,22,24H,2-5,12-16H2,1H3. The minimum Gasteiger partial charge on any atom is -0.316 e. The Morgan fingerprint density at radius 2 is 1.93 bits per heavy atom. The van der Waals surface area contributed by atoms with Crippen molar-refractivity contribution in [1.82, 2.24) is 9.79 Å². The van der Waals surface area contributed by atoms with Crippen LogP contribution in [0.5, 0.6) is 0 Å². The fraction of sp³-hybridized carbons (Fsp3) is 0.600. The summed E-state index contributed by atoms with van der Waals surface area (Å²) in [4.78, 5) is 0. The van der Waals surface area contributed by atoms with Crippen LogP contribution in [0.1, 0.15) is 56.9 Å². The summed E-state index contributed by atoms with van der Waals surface area (Å²) < 4.78 is 26.9. The number of unbranched alkanes of at least 4 members (excludes halogenated alkanes) is 3. The number of sulfonamides is 1. The third kappa shape index (κ3) is 7.10. The van der Waals surface area contributed by atoms with Crippen LogP contribution in [0.3, 0.4) is 0 Å². The normalized spacial score (nSPS) is 17.3. The lowest BCUT2D eigenvalue weighted by atomic mass is 9.90. The number of nitrogens with one attached hydrogen (secondary N) is 1. The highest BCUT2D eigenvalue weighted by Crippen LogP contribution is 2.30. The number of hydrogen-bond donors (Lipinski definition) is 2. The van der Waals surface area contributed by atoms with Crippen molar-refractivity contribution in [3.63, 3.8) is 0 Å². The molecule has 1 heterocycles. The summed E-state index contributed by atoms with van der Waals surface area (Å²) in [7, 11) is -3.47. The van der Waals surface area contributed by atoms with Crippen molar-refractivity contribution in [3.8, 4) is 11.8 Å². The Morgan fingerprint density at radius 1 is 1.26 bits per heavy atom. The Kier molecular flexibility index (Phi) is 9.07. The average molecular weight is 413 g/mol. The molecule has 7 heteroatoms. The zero-order valence-corrected chi connectivity index (χ0v) is 17.4. The van der Waals surface area contributed by atoms with Gasteiger partial charge in [-0.05, 0) is 42.9 Å². The van der Waals surface area contributed by atoms with Gasteiger partial charge in [0.1, 0.15) is 6.04 Å². The summed E-state index contributed by atoms with van der Waals surface area (Å²) in [6.07, 6.45) is 5.49. The van der Waals surface area contributed by atoms with E-state index >= 15 is 0 Å². The van der Waals surface area contributed by atoms with Gasteiger partial charge in [0.25, 0.3) is 0 Å². The SMILES string of the molecule is CCCCCC#CC(CS(=O)(=O)N1CCC(c2ccc(Cl)cc2)CC1)NO. The van der Waals surface area contributed by atoms with Crippen molar-refractivity contribution in [2.24, 2.45) is 0 Å². The van der Waals surface area contributed by atoms with Gasteiger partial charge in [-0.15, -0.1) is 5.92 Å². The summed E-state index contributed by atoms with van der Waals surface area (Å²) >= 11 is 5.93. The first kappa shape index (κ1) is 22.2. The smallest absolute Gasteiger partial charge is 0.216 e. The van der Waals surface area contributed by atoms with Crippen LogP contribution in [0.25, 0.3) is 0 Å². The van der Waals surface area contributed by atoms with Crippen molar-refractivity contribution in [2.75, 3.05) is 18.8 Å². The van der Waals surface area contributed by atoms with E-state index in [0.717, 1.165) is 38.5 Å². The molecular weight excluding hydrogens is 384 g/mol. The molecule has 1 fully saturated rings. The number of halogens is 1. The zero-order valence-electron chi connectivity index (χ0n) is 15.8. The summed E-state index contributed by atoms with van der Waals surface area (Å²) in [6.45, 7) is 3.09. The average Bonchev–Trinajstić information content (AvgIpc) is 2.67. The molecule has 27 heavy (non-hydrogen) atoms. The summed E-state index contributed by atoms with van der Waals surface area (Å²) in [5.74, 6) is 5.93. The molecule has 150 valence electrons. The van der Waals surface area contributed by atoms with Crippen LogP contribution in [0, 0.1) is 11.8 Å². The molecule has 0 aromatic heterocycles. The molecule has 0 spiro atoms. The molecule has 0 radical (unpaired) electrons. The number of benzene rings is 1. The molecule has 1 unspecified atom stereocenters. The van der Waals surface area contributed by atoms with Crippen LogP contribution in [0.2, 0.25) is 5.02 Å². The lowest BCUT2D eigenvalue weighted by molar-refractivity contribution is 0.152. The zero-order chi connectivity index (χ0) is 19.7. The highest BCUT2D eigenvalue weighted by molar-refractivity contribution is 7.89. The molecule has 0 amide bonds. The molecule has 1 aliphatic heterocycles. The van der Waals surface area contributed by atoms with Gasteiger partial charge in [-0.1, -0.05) is 49.4 Å². The van der Waals surface area contributed by atoms with Crippen LogP contribution in [0.4, 0.5) is 0 Å². The summed E-state index contributed by atoms with van der Waals surface area (Å²) in [6, 6.07) is 7.01. The molecular formula is C20H29ClN2O3S. The van der Waals surface area contributed by atoms with E-state index in [2.05, 4.69) is 18.8 Å². The third-order valence-electron chi connectivity index (χ3n) is 4.90. The Labute approximate surface area is 168 Å². The van der Waals surface area contributed by atoms with Crippen LogP contribution < -0.4 is 5.48 Å². The summed E-state index contributed by atoms with van der Waals surface area (Å²) in [5.41, 5.74) is 3.23. The molecule has 0 bridgehead atoms. The lowest BCUT2D eigenvalue weighted by Gasteiger charge is -2.32. The fourth-order valence-electron chi connectivity index (χ4n) is 3.29. The second kappa shape index (κ2) is 11.0. The van der Waals surface area contributed by atoms with Gasteiger partial charge in [0.2, 0.25) is 10.0 Å². The van der Waals surface area contributed by atoms with E-state index in [1.807, 2.05) is 29.7 Å². The van der Waals surface area contributed by atoms with Crippen molar-refractivity contribution in [3.05, 3.63) is 34.9 Å². The number of hydrogen-bond acceptors (Lipinski definition) is 4. The van der Waals surface area contributed by atoms with Gasteiger partial charge < -0.3 is 5.21 Å². The maximum absolute atomic E-state index is 12.7. The van der Waals surface area contributed by atoms with Gasteiger partial charge in [-0.3, -0.25) is 0 Å². The van der Waals surface area contributed by atoms with E-state index in [9.17, 15) is 13.6 Å². The quantitative estimate of drug-likeness (QED) is 0.387. The number of nitrogens with zero attached hydrogens (tertiary/aromatic N) is 1. The summed E-state index contributed by atoms with van der Waals surface area (Å²) in [5, 5.41) is 9.96. The maximum Gasteiger partial charge on any atom is 0.216 e. The third-order valence-corrected chi connectivity index (χ3v) is 7.06. The van der Waals surface area contributed by atoms with E-state index in [1.165, 1.54) is 9.87 Å². The van der Waals surface area contributed by atoms with Gasteiger partial charge in [0.05, 0.1) is 5.75 Å². The highest BCUT2D eigenvalue weighted by Gasteiger charge is 2.30. The number of hydroxylamine groups is 1. The topological polar surface area (TPSA) is 69.6 Å². The van der Waals surface area contributed by atoms with Crippen molar-refractivity contribution >= 4 is 21.6 Å². The van der Waals surface area contributed by atoms with Gasteiger partial charge in [0.15, 0.2) is 0 Å². The lowest BCUT2D eigenvalue weighted by Crippen LogP contribution is -2.43. The van der Waals surface area contributed by atoms with Gasteiger partial charge in [-0.25, -0.2) is 12.7 Å². The highest BCUT2D eigenvalue weighted by atomic mass is 35.5. The van der Waals surface area contributed by atoms with Crippen molar-refractivity contribution < 1.29 is 13.6 Å². The van der Waals surface area contributed by atoms with E-state index < -0.39 is 16.1 Å². The molecule has 1 aromatic rings. The van der Waals surface area contributed by atoms with Crippen LogP contribution in [0.15, 0.2) is 24.3 Å². The predicted molar refractivity (Wildman–Crippen MR) is 109 cm³/mol. The second-order valence-corrected chi connectivity index (χ2v) is 9.41. The molecule has 0 aliphatic carbocycles. The monoisotopic (exact) mass is 412 g/mol. The fourth-order valence-corrected chi connectivity index (χ4v) is 4.97. The van der Waals surface area contributed by atoms with E-state index in [0.29, 0.717) is 24.0 Å². The minimum atomic E-state index is -3.47. The molecule has 2 N–H and O–H groups in total. The first-order valence-corrected chi connectivity index (χ1v) is 11.6. The molecule has 2 rings (SSSR count). The largest absolute Gasteiger partial charge is 0.316 e. The van der Waals surface area contributed by atoms with Crippen molar-refractivity contribution in [1.29, 1.82) is 0 Å². The minimum absolute atomic E-state index is 0.212. The van der Waals surface area contributed by atoms with Gasteiger partial charge in [0, 0.05) is 24.5 Å². The predicted octanol–water partition coefficient (Wildman–Crippen LogP) is 3.78. The molecule has 1 aliphatic rings. The van der Waals surface area contributed by atoms with Crippen LogP contribution in [-0.4, -0.2) is 42.8 Å². The Bertz CT molecular complexity index is 733. The molecule has 1 atom stereocenters. The number of piperidine rings is 1. The van der Waals surface area contributed by atoms with Gasteiger partial charge in [-0.2, -0.15) is 5.48 Å². The van der Waals surface area contributed by atoms with Crippen LogP contribution in [-0.2, 0) is 10.0 Å². The van der Waals surface area contributed by atoms with E-state index in [4.69, 9.17) is 11.6 Å². The Balaban J connectivity index is 1.88. The molecule has 1 aromatic carbocycles. The molecule has 1 saturated heterocycles.